The Kier molecular flexibility index (Phi) is 5.06. The average Bonchev–Trinajstić information content (AvgIpc) is 2.27. The van der Waals surface area contributed by atoms with Gasteiger partial charge in [-0.25, -0.2) is 17.9 Å². The van der Waals surface area contributed by atoms with E-state index in [1.54, 1.807) is 6.07 Å². The number of primary sulfonamides is 1. The lowest BCUT2D eigenvalue weighted by molar-refractivity contribution is 0.385. The molecule has 1 rings (SSSR count). The van der Waals surface area contributed by atoms with Crippen LogP contribution in [-0.4, -0.2) is 27.8 Å². The van der Waals surface area contributed by atoms with Gasteiger partial charge in [0.15, 0.2) is 11.6 Å². The molecule has 0 aliphatic rings. The van der Waals surface area contributed by atoms with Crippen molar-refractivity contribution in [3.63, 3.8) is 0 Å². The molecule has 1 aromatic carbocycles. The summed E-state index contributed by atoms with van der Waals surface area (Å²) < 4.78 is 39.8. The predicted molar refractivity (Wildman–Crippen MR) is 67.3 cm³/mol. The van der Waals surface area contributed by atoms with Crippen molar-refractivity contribution in [1.29, 1.82) is 0 Å². The van der Waals surface area contributed by atoms with Gasteiger partial charge in [-0.15, -0.1) is 0 Å². The minimum absolute atomic E-state index is 0.157. The van der Waals surface area contributed by atoms with E-state index in [2.05, 4.69) is 5.32 Å². The summed E-state index contributed by atoms with van der Waals surface area (Å²) in [5.41, 5.74) is 0.711. The molecular formula is C11H17FN2O3S. The number of ether oxygens (including phenoxy) is 1. The van der Waals surface area contributed by atoms with Crippen LogP contribution in [0.3, 0.4) is 0 Å². The van der Waals surface area contributed by atoms with Gasteiger partial charge >= 0.3 is 0 Å². The first kappa shape index (κ1) is 14.9. The van der Waals surface area contributed by atoms with Gasteiger partial charge in [0, 0.05) is 12.6 Å². The van der Waals surface area contributed by atoms with E-state index in [-0.39, 0.29) is 24.1 Å². The highest BCUT2D eigenvalue weighted by Crippen LogP contribution is 2.21. The Labute approximate surface area is 106 Å². The third kappa shape index (κ3) is 4.59. The SMILES string of the molecule is COc1ccc(C(C)NCCS(N)(=O)=O)cc1F. The van der Waals surface area contributed by atoms with Gasteiger partial charge in [-0.2, -0.15) is 0 Å². The van der Waals surface area contributed by atoms with Crippen LogP contribution in [0.5, 0.6) is 5.75 Å². The molecule has 0 aliphatic heterocycles. The van der Waals surface area contributed by atoms with Crippen LogP contribution >= 0.6 is 0 Å². The molecule has 0 saturated heterocycles. The lowest BCUT2D eigenvalue weighted by Crippen LogP contribution is -2.28. The zero-order chi connectivity index (χ0) is 13.8. The van der Waals surface area contributed by atoms with Crippen molar-refractivity contribution in [3.05, 3.63) is 29.6 Å². The molecule has 1 atom stereocenters. The van der Waals surface area contributed by atoms with Gasteiger partial charge in [-0.05, 0) is 24.6 Å². The molecule has 5 nitrogen and oxygen atoms in total. The maximum Gasteiger partial charge on any atom is 0.210 e. The summed E-state index contributed by atoms with van der Waals surface area (Å²) in [5, 5.41) is 7.83. The Morgan fingerprint density at radius 3 is 2.67 bits per heavy atom. The molecule has 7 heteroatoms. The zero-order valence-electron chi connectivity index (χ0n) is 10.3. The molecule has 0 radical (unpaired) electrons. The summed E-state index contributed by atoms with van der Waals surface area (Å²) in [6.45, 7) is 2.03. The van der Waals surface area contributed by atoms with Crippen LogP contribution in [0.25, 0.3) is 0 Å². The van der Waals surface area contributed by atoms with Crippen LogP contribution in [-0.2, 0) is 10.0 Å². The van der Waals surface area contributed by atoms with Crippen molar-refractivity contribution in [1.82, 2.24) is 5.32 Å². The van der Waals surface area contributed by atoms with Gasteiger partial charge in [-0.1, -0.05) is 6.07 Å². The number of benzene rings is 1. The van der Waals surface area contributed by atoms with Crippen LogP contribution in [0.15, 0.2) is 18.2 Å². The first-order valence-electron chi connectivity index (χ1n) is 5.41. The highest BCUT2D eigenvalue weighted by atomic mass is 32.2. The van der Waals surface area contributed by atoms with E-state index >= 15 is 0 Å². The maximum atomic E-state index is 13.5. The Morgan fingerprint density at radius 1 is 1.50 bits per heavy atom. The summed E-state index contributed by atoms with van der Waals surface area (Å²) in [5.74, 6) is -0.429. The summed E-state index contributed by atoms with van der Waals surface area (Å²) >= 11 is 0. The van der Waals surface area contributed by atoms with Crippen molar-refractivity contribution < 1.29 is 17.5 Å². The van der Waals surface area contributed by atoms with E-state index in [0.29, 0.717) is 5.56 Å². The second kappa shape index (κ2) is 6.12. The molecule has 0 spiro atoms. The molecule has 0 aromatic heterocycles. The van der Waals surface area contributed by atoms with Crippen LogP contribution in [0.4, 0.5) is 4.39 Å². The van der Waals surface area contributed by atoms with E-state index < -0.39 is 15.8 Å². The van der Waals surface area contributed by atoms with Gasteiger partial charge in [0.25, 0.3) is 0 Å². The van der Waals surface area contributed by atoms with E-state index in [9.17, 15) is 12.8 Å². The molecule has 0 saturated carbocycles. The number of nitrogens with two attached hydrogens (primary N) is 1. The standard InChI is InChI=1S/C11H17FN2O3S/c1-8(14-5-6-18(13,15)16)9-3-4-11(17-2)10(12)7-9/h3-4,7-8,14H,5-6H2,1-2H3,(H2,13,15,16). The summed E-state index contributed by atoms with van der Waals surface area (Å²) in [6.07, 6.45) is 0. The number of hydrogen-bond acceptors (Lipinski definition) is 4. The lowest BCUT2D eigenvalue weighted by Gasteiger charge is -2.14. The molecule has 102 valence electrons. The Bertz CT molecular complexity index is 505. The fourth-order valence-electron chi connectivity index (χ4n) is 1.49. The highest BCUT2D eigenvalue weighted by Gasteiger charge is 2.10. The van der Waals surface area contributed by atoms with E-state index in [0.717, 1.165) is 0 Å². The zero-order valence-corrected chi connectivity index (χ0v) is 11.1. The summed E-state index contributed by atoms with van der Waals surface area (Å²) in [4.78, 5) is 0. The highest BCUT2D eigenvalue weighted by molar-refractivity contribution is 7.89. The van der Waals surface area contributed by atoms with Crippen molar-refractivity contribution in [2.75, 3.05) is 19.4 Å². The fraction of sp³-hybridized carbons (Fsp3) is 0.455. The molecule has 0 aliphatic carbocycles. The smallest absolute Gasteiger partial charge is 0.210 e. The minimum atomic E-state index is -3.48. The first-order valence-corrected chi connectivity index (χ1v) is 7.12. The van der Waals surface area contributed by atoms with Crippen LogP contribution in [0.2, 0.25) is 0 Å². The van der Waals surface area contributed by atoms with E-state index in [4.69, 9.17) is 9.88 Å². The van der Waals surface area contributed by atoms with E-state index in [1.807, 2.05) is 6.92 Å². The third-order valence-electron chi connectivity index (χ3n) is 2.51. The summed E-state index contributed by atoms with van der Waals surface area (Å²) in [6, 6.07) is 4.43. The lowest BCUT2D eigenvalue weighted by atomic mass is 10.1. The number of rotatable bonds is 6. The van der Waals surface area contributed by atoms with Gasteiger partial charge in [0.2, 0.25) is 10.0 Å². The maximum absolute atomic E-state index is 13.5. The quantitative estimate of drug-likeness (QED) is 0.804. The van der Waals surface area contributed by atoms with Crippen LogP contribution in [0, 0.1) is 5.82 Å². The number of sulfonamides is 1. The molecular weight excluding hydrogens is 259 g/mol. The van der Waals surface area contributed by atoms with Crippen molar-refractivity contribution in [3.8, 4) is 5.75 Å². The van der Waals surface area contributed by atoms with Gasteiger partial charge in [0.1, 0.15) is 0 Å². The molecule has 0 heterocycles. The molecule has 1 aromatic rings. The molecule has 0 fully saturated rings. The van der Waals surface area contributed by atoms with Crippen molar-refractivity contribution in [2.24, 2.45) is 5.14 Å². The first-order chi connectivity index (χ1) is 8.33. The normalized spacial score (nSPS) is 13.3. The van der Waals surface area contributed by atoms with Crippen molar-refractivity contribution in [2.45, 2.75) is 13.0 Å². The monoisotopic (exact) mass is 276 g/mol. The van der Waals surface area contributed by atoms with Gasteiger partial charge in [0.05, 0.1) is 12.9 Å². The number of hydrogen-bond donors (Lipinski definition) is 2. The Morgan fingerprint density at radius 2 is 2.17 bits per heavy atom. The fourth-order valence-corrected chi connectivity index (χ4v) is 1.89. The topological polar surface area (TPSA) is 81.4 Å². The largest absolute Gasteiger partial charge is 0.494 e. The second-order valence-corrected chi connectivity index (χ2v) is 5.67. The van der Waals surface area contributed by atoms with Gasteiger partial charge in [-0.3, -0.25) is 0 Å². The van der Waals surface area contributed by atoms with Gasteiger partial charge < -0.3 is 10.1 Å². The van der Waals surface area contributed by atoms with Crippen molar-refractivity contribution >= 4 is 10.0 Å². The predicted octanol–water partition coefficient (Wildman–Crippen LogP) is 0.773. The molecule has 0 amide bonds. The Balaban J connectivity index is 2.62. The minimum Gasteiger partial charge on any atom is -0.494 e. The number of halogens is 1. The molecule has 3 N–H and O–H groups in total. The summed E-state index contributed by atoms with van der Waals surface area (Å²) in [7, 11) is -2.08. The molecule has 18 heavy (non-hydrogen) atoms. The number of nitrogens with one attached hydrogen (secondary N) is 1. The second-order valence-electron chi connectivity index (χ2n) is 3.94. The third-order valence-corrected chi connectivity index (χ3v) is 3.29. The van der Waals surface area contributed by atoms with Crippen LogP contribution < -0.4 is 15.2 Å². The average molecular weight is 276 g/mol. The Hall–Kier alpha value is -1.18. The molecule has 0 bridgehead atoms. The van der Waals surface area contributed by atoms with Crippen LogP contribution in [0.1, 0.15) is 18.5 Å². The molecule has 1 unspecified atom stereocenters. The van der Waals surface area contributed by atoms with E-state index in [1.165, 1.54) is 19.2 Å². The number of methoxy groups -OCH3 is 1.